The number of ketones is 1. The van der Waals surface area contributed by atoms with Crippen molar-refractivity contribution in [2.45, 2.75) is 39.8 Å². The van der Waals surface area contributed by atoms with Crippen LogP contribution in [0.3, 0.4) is 0 Å². The first-order chi connectivity index (χ1) is 16.9. The van der Waals surface area contributed by atoms with E-state index in [1.807, 2.05) is 45.0 Å². The first kappa shape index (κ1) is 24.2. The molecule has 36 heavy (non-hydrogen) atoms. The van der Waals surface area contributed by atoms with Crippen LogP contribution in [0.1, 0.15) is 47.4 Å². The molecule has 0 saturated carbocycles. The van der Waals surface area contributed by atoms with Gasteiger partial charge in [0.05, 0.1) is 22.5 Å². The maximum absolute atomic E-state index is 14.0. The molecule has 2 heterocycles. The molecule has 0 unspecified atom stereocenters. The first-order valence-electron chi connectivity index (χ1n) is 11.5. The topological polar surface area (TPSA) is 52.0 Å². The molecule has 2 aromatic carbocycles. The minimum absolute atomic E-state index is 0.113. The number of carbonyl (C=O) groups is 1. The molecular weight excluding hydrogens is 485 g/mol. The quantitative estimate of drug-likeness (QED) is 0.296. The molecule has 4 aromatic rings. The Labute approximate surface area is 210 Å². The number of para-hydroxylation sites is 1. The molecule has 8 heteroatoms. The number of pyridine rings is 1. The zero-order chi connectivity index (χ0) is 25.8. The molecule has 0 amide bonds. The van der Waals surface area contributed by atoms with Crippen molar-refractivity contribution < 1.29 is 18.0 Å². The van der Waals surface area contributed by atoms with E-state index in [0.29, 0.717) is 22.8 Å². The van der Waals surface area contributed by atoms with Gasteiger partial charge in [-0.15, -0.1) is 11.3 Å². The number of hydrogen-bond donors (Lipinski definition) is 0. The van der Waals surface area contributed by atoms with Gasteiger partial charge in [0.25, 0.3) is 5.56 Å². The molecule has 0 fully saturated rings. The molecule has 0 spiro atoms. The molecule has 0 saturated heterocycles. The fourth-order valence-corrected chi connectivity index (χ4v) is 5.52. The van der Waals surface area contributed by atoms with E-state index in [0.717, 1.165) is 21.8 Å². The average molecular weight is 509 g/mol. The van der Waals surface area contributed by atoms with Crippen LogP contribution in [0.25, 0.3) is 27.5 Å². The van der Waals surface area contributed by atoms with Crippen LogP contribution in [0.2, 0.25) is 0 Å². The van der Waals surface area contributed by atoms with E-state index in [1.54, 1.807) is 5.38 Å². The lowest BCUT2D eigenvalue weighted by Crippen LogP contribution is -2.35. The Kier molecular flexibility index (Phi) is 5.75. The van der Waals surface area contributed by atoms with Crippen molar-refractivity contribution in [1.29, 1.82) is 0 Å². The third-order valence-corrected chi connectivity index (χ3v) is 7.30. The Morgan fingerprint density at radius 1 is 0.972 bits per heavy atom. The van der Waals surface area contributed by atoms with Gasteiger partial charge in [-0.05, 0) is 37.0 Å². The van der Waals surface area contributed by atoms with Gasteiger partial charge >= 0.3 is 6.18 Å². The van der Waals surface area contributed by atoms with E-state index < -0.39 is 22.7 Å². The van der Waals surface area contributed by atoms with E-state index in [4.69, 9.17) is 0 Å². The second-order valence-electron chi connectivity index (χ2n) is 9.92. The summed E-state index contributed by atoms with van der Waals surface area (Å²) in [5.74, 6) is -0.198. The Morgan fingerprint density at radius 2 is 1.67 bits per heavy atom. The number of benzene rings is 2. The number of aryl methyl sites for hydroxylation is 1. The fraction of sp³-hybridized carbons (Fsp3) is 0.250. The van der Waals surface area contributed by atoms with E-state index >= 15 is 0 Å². The predicted octanol–water partition coefficient (Wildman–Crippen LogP) is 7.11. The molecule has 184 valence electrons. The monoisotopic (exact) mass is 508 g/mol. The summed E-state index contributed by atoms with van der Waals surface area (Å²) in [6.45, 7) is 5.73. The number of fused-ring (bicyclic) bond motifs is 1. The van der Waals surface area contributed by atoms with Crippen molar-refractivity contribution in [1.82, 2.24) is 9.55 Å². The van der Waals surface area contributed by atoms with Gasteiger partial charge in [-0.1, -0.05) is 55.8 Å². The van der Waals surface area contributed by atoms with Gasteiger partial charge in [-0.3, -0.25) is 14.2 Å². The van der Waals surface area contributed by atoms with Crippen LogP contribution in [0.5, 0.6) is 0 Å². The number of carbonyl (C=O) groups excluding carboxylic acids is 1. The Balaban J connectivity index is 1.77. The van der Waals surface area contributed by atoms with Crippen molar-refractivity contribution in [3.05, 3.63) is 92.7 Å². The van der Waals surface area contributed by atoms with E-state index in [9.17, 15) is 22.8 Å². The van der Waals surface area contributed by atoms with Crippen molar-refractivity contribution in [3.8, 4) is 27.5 Å². The summed E-state index contributed by atoms with van der Waals surface area (Å²) in [6, 6.07) is 14.2. The van der Waals surface area contributed by atoms with Gasteiger partial charge in [-0.2, -0.15) is 13.2 Å². The molecule has 0 aliphatic heterocycles. The number of alkyl halides is 3. The summed E-state index contributed by atoms with van der Waals surface area (Å²) in [7, 11) is 0. The zero-order valence-electron chi connectivity index (χ0n) is 19.9. The molecule has 0 bridgehead atoms. The summed E-state index contributed by atoms with van der Waals surface area (Å²) in [5, 5.41) is 2.16. The van der Waals surface area contributed by atoms with Gasteiger partial charge in [0.15, 0.2) is 5.78 Å². The van der Waals surface area contributed by atoms with Gasteiger partial charge < -0.3 is 0 Å². The smallest absolute Gasteiger partial charge is 0.294 e. The highest BCUT2D eigenvalue weighted by Gasteiger charge is 2.38. The van der Waals surface area contributed by atoms with Crippen molar-refractivity contribution >= 4 is 17.1 Å². The fourth-order valence-electron chi connectivity index (χ4n) is 4.68. The standard InChI is InChI=1S/C28H23F3N2O2S/c1-16-8-10-17(11-9-16)21-15-36-25(32-21)19-12-18-23(13-27(2,3)14-24(18)34)33(26(19)35)22-7-5-4-6-20(22)28(29,30)31/h4-12,15H,13-14H2,1-3H3. The summed E-state index contributed by atoms with van der Waals surface area (Å²) in [5.41, 5.74) is 0.968. The third-order valence-electron chi connectivity index (χ3n) is 6.42. The SMILES string of the molecule is Cc1ccc(-c2csc(-c3cc4c(n(-c5ccccc5C(F)(F)F)c3=O)CC(C)(C)CC4=O)n2)cc1. The van der Waals surface area contributed by atoms with Crippen molar-refractivity contribution in [2.75, 3.05) is 0 Å². The van der Waals surface area contributed by atoms with Gasteiger partial charge in [0.1, 0.15) is 5.01 Å². The number of aromatic nitrogens is 2. The number of hydrogen-bond acceptors (Lipinski definition) is 4. The first-order valence-corrected chi connectivity index (χ1v) is 12.3. The Bertz CT molecular complexity index is 1550. The minimum Gasteiger partial charge on any atom is -0.294 e. The average Bonchev–Trinajstić information content (AvgIpc) is 3.28. The summed E-state index contributed by atoms with van der Waals surface area (Å²) >= 11 is 1.22. The lowest BCUT2D eigenvalue weighted by atomic mass is 9.75. The van der Waals surface area contributed by atoms with Gasteiger partial charge in [0.2, 0.25) is 0 Å². The van der Waals surface area contributed by atoms with E-state index in [1.165, 1.54) is 35.6 Å². The van der Waals surface area contributed by atoms with E-state index in [2.05, 4.69) is 4.98 Å². The highest BCUT2D eigenvalue weighted by atomic mass is 32.1. The van der Waals surface area contributed by atoms with Gasteiger partial charge in [0, 0.05) is 28.6 Å². The number of Topliss-reactive ketones (excluding diaryl/α,β-unsaturated/α-hetero) is 1. The van der Waals surface area contributed by atoms with Crippen LogP contribution < -0.4 is 5.56 Å². The summed E-state index contributed by atoms with van der Waals surface area (Å²) < 4.78 is 43.0. The van der Waals surface area contributed by atoms with Crippen LogP contribution >= 0.6 is 11.3 Å². The zero-order valence-corrected chi connectivity index (χ0v) is 20.8. The second kappa shape index (κ2) is 8.55. The molecular formula is C28H23F3N2O2S. The largest absolute Gasteiger partial charge is 0.418 e. The number of nitrogens with zero attached hydrogens (tertiary/aromatic N) is 2. The Hall–Kier alpha value is -3.52. The highest BCUT2D eigenvalue weighted by molar-refractivity contribution is 7.13. The maximum Gasteiger partial charge on any atom is 0.418 e. The molecule has 2 aromatic heterocycles. The minimum atomic E-state index is -4.67. The molecule has 4 nitrogen and oxygen atoms in total. The third kappa shape index (κ3) is 4.30. The number of halogens is 3. The molecule has 1 aliphatic rings. The normalized spacial score (nSPS) is 15.1. The van der Waals surface area contributed by atoms with Crippen LogP contribution in [-0.4, -0.2) is 15.3 Å². The second-order valence-corrected chi connectivity index (χ2v) is 10.8. The van der Waals surface area contributed by atoms with Crippen molar-refractivity contribution in [2.24, 2.45) is 5.41 Å². The molecule has 0 radical (unpaired) electrons. The van der Waals surface area contributed by atoms with E-state index in [-0.39, 0.29) is 29.0 Å². The van der Waals surface area contributed by atoms with Crippen LogP contribution in [0, 0.1) is 12.3 Å². The van der Waals surface area contributed by atoms with Crippen LogP contribution in [-0.2, 0) is 12.6 Å². The predicted molar refractivity (Wildman–Crippen MR) is 135 cm³/mol. The number of thiazole rings is 1. The van der Waals surface area contributed by atoms with Gasteiger partial charge in [-0.25, -0.2) is 4.98 Å². The molecule has 0 atom stereocenters. The highest BCUT2D eigenvalue weighted by Crippen LogP contribution is 2.39. The van der Waals surface area contributed by atoms with Crippen molar-refractivity contribution in [3.63, 3.8) is 0 Å². The maximum atomic E-state index is 14.0. The summed E-state index contributed by atoms with van der Waals surface area (Å²) in [6.07, 6.45) is -4.14. The molecule has 0 N–H and O–H groups in total. The van der Waals surface area contributed by atoms with Crippen LogP contribution in [0.4, 0.5) is 13.2 Å². The lowest BCUT2D eigenvalue weighted by molar-refractivity contribution is -0.137. The summed E-state index contributed by atoms with van der Waals surface area (Å²) in [4.78, 5) is 31.7. The molecule has 1 aliphatic carbocycles. The molecule has 5 rings (SSSR count). The number of rotatable bonds is 3. The Morgan fingerprint density at radius 3 is 2.36 bits per heavy atom. The lowest BCUT2D eigenvalue weighted by Gasteiger charge is -2.32. The van der Waals surface area contributed by atoms with Crippen LogP contribution in [0.15, 0.2) is 64.8 Å².